The van der Waals surface area contributed by atoms with Crippen LogP contribution >= 0.6 is 15.9 Å². The lowest BCUT2D eigenvalue weighted by Crippen LogP contribution is -2.55. The summed E-state index contributed by atoms with van der Waals surface area (Å²) < 4.78 is 38.2. The maximum Gasteiger partial charge on any atom is 0.325 e. The Hall–Kier alpha value is -9.78. The molecule has 9 amide bonds. The van der Waals surface area contributed by atoms with E-state index in [4.69, 9.17) is 43.4 Å². The van der Waals surface area contributed by atoms with Crippen LogP contribution in [0, 0.1) is 0 Å². The molecule has 1 aliphatic heterocycles. The van der Waals surface area contributed by atoms with Gasteiger partial charge in [-0.2, -0.15) is 0 Å². The Balaban J connectivity index is -0.000000240. The van der Waals surface area contributed by atoms with Crippen molar-refractivity contribution >= 4 is 123 Å². The Morgan fingerprint density at radius 1 is 0.443 bits per heavy atom. The second-order valence-corrected chi connectivity index (χ2v) is 26.4. The van der Waals surface area contributed by atoms with E-state index in [1.807, 2.05) is 0 Å². The summed E-state index contributed by atoms with van der Waals surface area (Å²) in [5.41, 5.74) is -1.12. The topological polar surface area (TPSA) is 516 Å². The van der Waals surface area contributed by atoms with Gasteiger partial charge in [0.25, 0.3) is 5.91 Å². The molecule has 115 heavy (non-hydrogen) atoms. The Bertz CT molecular complexity index is 3070. The molecule has 0 radical (unpaired) electrons. The molecule has 664 valence electrons. The molecule has 2 unspecified atom stereocenters. The molecule has 42 heteroatoms. The summed E-state index contributed by atoms with van der Waals surface area (Å²) in [4.78, 5) is 216. The number of alkyl halides is 1. The van der Waals surface area contributed by atoms with Gasteiger partial charge in [-0.25, -0.2) is 9.69 Å². The van der Waals surface area contributed by atoms with Gasteiger partial charge in [-0.15, -0.1) is 0 Å². The SMILES string of the molecule is C.C=CCOC(=O)[C@H](CC(=O)O)N(C)C.C=CCOC(=O)[C@H](CC(=O)OCC)N(C)C.CCOC(=O)C[C@@H](C(=O)NC)N(C)C.CCOC(=O)C[C@@H](C(=O)NC)N(C)C(=O)C(C)Br.CCOC(=O)C[C@@H](C(=O)NC)N(C)C(=O)C(C)N1C(=O)NC(C)(C)C1=O.CCOC(=O)C[C@@H](C(=O)O)N(C)C.CCOC(=O)C[C@H](NC)C(=O)NC. The predicted molar refractivity (Wildman–Crippen MR) is 426 cm³/mol. The summed E-state index contributed by atoms with van der Waals surface area (Å²) in [6.45, 7) is 25.0. The van der Waals surface area contributed by atoms with Crippen LogP contribution in [0.2, 0.25) is 0 Å². The van der Waals surface area contributed by atoms with E-state index in [-0.39, 0.29) is 115 Å². The number of imide groups is 1. The average molecular weight is 1720 g/mol. The fourth-order valence-electron chi connectivity index (χ4n) is 8.80. The number of carboxylic acid groups (broad SMARTS) is 2. The predicted octanol–water partition coefficient (Wildman–Crippen LogP) is -0.273. The molecule has 1 saturated heterocycles. The molecule has 1 fully saturated rings. The lowest BCUT2D eigenvalue weighted by Gasteiger charge is -2.31. The number of urea groups is 1. The van der Waals surface area contributed by atoms with Crippen LogP contribution in [0.3, 0.4) is 0 Å². The summed E-state index contributed by atoms with van der Waals surface area (Å²) in [7, 11) is 23.7. The molecule has 1 heterocycles. The van der Waals surface area contributed by atoms with Gasteiger partial charge in [0.15, 0.2) is 0 Å². The molecular weight excluding hydrogens is 1590 g/mol. The van der Waals surface area contributed by atoms with E-state index in [9.17, 15) is 86.3 Å². The van der Waals surface area contributed by atoms with Gasteiger partial charge in [0.1, 0.15) is 55.0 Å². The molecular formula is C73H132BrN13O28. The molecule has 0 aromatic heterocycles. The van der Waals surface area contributed by atoms with Crippen molar-refractivity contribution in [2.24, 2.45) is 0 Å². The van der Waals surface area contributed by atoms with Gasteiger partial charge < -0.3 is 89.8 Å². The quantitative estimate of drug-likeness (QED) is 0.0128. The Kier molecular flexibility index (Phi) is 68.5. The number of amides is 9. The van der Waals surface area contributed by atoms with Crippen molar-refractivity contribution in [2.75, 3.05) is 159 Å². The van der Waals surface area contributed by atoms with Crippen molar-refractivity contribution in [1.29, 1.82) is 0 Å². The number of carbonyl (C=O) groups is 18. The summed E-state index contributed by atoms with van der Waals surface area (Å²) in [6.07, 6.45) is 2.18. The van der Waals surface area contributed by atoms with Crippen LogP contribution in [-0.2, 0) is 119 Å². The average Bonchev–Trinajstić information content (AvgIpc) is 1.64. The highest BCUT2D eigenvalue weighted by Crippen LogP contribution is 2.21. The number of carbonyl (C=O) groups excluding carboxylic acids is 16. The number of likely N-dealkylation sites (N-methyl/N-ethyl adjacent to an activating group) is 11. The molecule has 1 aliphatic rings. The zero-order chi connectivity index (χ0) is 90.1. The normalized spacial score (nSPS) is 13.6. The van der Waals surface area contributed by atoms with Crippen LogP contribution in [0.25, 0.3) is 0 Å². The number of hydrogen-bond acceptors (Lipinski definition) is 31. The Labute approximate surface area is 685 Å². The number of halogens is 1. The van der Waals surface area contributed by atoms with E-state index >= 15 is 0 Å². The monoisotopic (exact) mass is 1720 g/mol. The number of esters is 8. The van der Waals surface area contributed by atoms with Crippen molar-refractivity contribution in [1.82, 2.24) is 66.2 Å². The number of aliphatic carboxylic acids is 2. The van der Waals surface area contributed by atoms with E-state index in [1.54, 1.807) is 129 Å². The van der Waals surface area contributed by atoms with Gasteiger partial charge in [0, 0.05) is 42.3 Å². The van der Waals surface area contributed by atoms with Crippen LogP contribution in [0.4, 0.5) is 4.79 Å². The van der Waals surface area contributed by atoms with Gasteiger partial charge in [-0.3, -0.25) is 101 Å². The minimum Gasteiger partial charge on any atom is -0.481 e. The van der Waals surface area contributed by atoms with Gasteiger partial charge in [0.05, 0.1) is 101 Å². The molecule has 0 saturated carbocycles. The van der Waals surface area contributed by atoms with Gasteiger partial charge >= 0.3 is 65.7 Å². The highest BCUT2D eigenvalue weighted by atomic mass is 79.9. The van der Waals surface area contributed by atoms with Crippen LogP contribution in [0.15, 0.2) is 25.3 Å². The van der Waals surface area contributed by atoms with Crippen molar-refractivity contribution < 1.29 is 134 Å². The van der Waals surface area contributed by atoms with Crippen molar-refractivity contribution in [2.45, 2.75) is 180 Å². The maximum atomic E-state index is 12.8. The lowest BCUT2D eigenvalue weighted by molar-refractivity contribution is -0.154. The number of ether oxygens (including phenoxy) is 8. The van der Waals surface area contributed by atoms with Gasteiger partial charge in [0.2, 0.25) is 35.4 Å². The first-order valence-electron chi connectivity index (χ1n) is 36.0. The first-order valence-corrected chi connectivity index (χ1v) is 36.9. The number of nitrogens with zero attached hydrogens (tertiary/aromatic N) is 7. The summed E-state index contributed by atoms with van der Waals surface area (Å²) in [5, 5.41) is 32.3. The van der Waals surface area contributed by atoms with E-state index in [1.165, 1.54) is 82.9 Å². The Morgan fingerprint density at radius 2 is 0.722 bits per heavy atom. The minimum atomic E-state index is -1.14. The van der Waals surface area contributed by atoms with E-state index in [2.05, 4.69) is 65.7 Å². The fourth-order valence-corrected chi connectivity index (χ4v) is 9.12. The number of carboxylic acids is 2. The standard InChI is InChI=1S/C16H26N4O6.C11H19BrN2O4.C11H19NO4.C9H18N2O3.C9H15NO4.C8H16N2O3.C8H15NO4.CH4/c1-7-26-11(21)8-10(12(22)17-5)19(6)13(23)9(2)20-14(24)16(3,4)18-15(20)25;1-5-18-9(15)6-8(10(16)13-3)14(4)11(17)7(2)12;1-5-7-16-11(14)9(12(3)4)8-10(13)15-6-2;1-5-14-8(12)6-7(11(3)4)9(13)10-2;1-4-5-14-9(13)7(10(2)3)6-8(11)12;1-4-13-7(11)5-6(9-2)8(12)10-3;1-4-13-7(10)5-6(8(11)12)9(2)3;/h9-10H,7-8H2,1-6H3,(H,17,22)(H,18,25);7-8H,5-6H2,1-4H3,(H,13,16);5,9H,1,6-8H2,2-4H3;7H,5-6H2,1-4H3,(H,10,13);4,7H,1,5-6H2,2-3H3,(H,11,12);6,9H,4-5H2,1-3H3,(H,10,12);6H,4-5H2,1-3H3,(H,11,12);1H4/t9?,10-;7?,8-;9-;2*7-;2*6-;/m0000000./s1. The fraction of sp³-hybridized carbons (Fsp3) is 0.699. The third-order valence-corrected chi connectivity index (χ3v) is 15.4. The van der Waals surface area contributed by atoms with Crippen LogP contribution in [0.5, 0.6) is 0 Å². The first-order chi connectivity index (χ1) is 53.0. The minimum absolute atomic E-state index is 0. The van der Waals surface area contributed by atoms with Crippen LogP contribution in [-0.4, -0.2) is 369 Å². The zero-order valence-electron chi connectivity index (χ0n) is 70.9. The molecule has 0 aliphatic carbocycles. The highest BCUT2D eigenvalue weighted by molar-refractivity contribution is 9.10. The lowest BCUT2D eigenvalue weighted by atomic mass is 10.1. The third kappa shape index (κ3) is 51.6. The second-order valence-electron chi connectivity index (χ2n) is 25.0. The highest BCUT2D eigenvalue weighted by Gasteiger charge is 2.49. The summed E-state index contributed by atoms with van der Waals surface area (Å²) in [6, 6.07) is -6.93. The third-order valence-electron chi connectivity index (χ3n) is 15.0. The molecule has 0 aromatic carbocycles. The van der Waals surface area contributed by atoms with E-state index < -0.39 is 136 Å². The maximum absolute atomic E-state index is 12.8. The molecule has 8 N–H and O–H groups in total. The molecule has 0 aromatic rings. The number of hydrogen-bond donors (Lipinski definition) is 8. The van der Waals surface area contributed by atoms with Crippen molar-refractivity contribution in [3.63, 3.8) is 0 Å². The zero-order valence-corrected chi connectivity index (χ0v) is 72.5. The first kappa shape index (κ1) is 118. The van der Waals surface area contributed by atoms with Crippen molar-refractivity contribution in [3.8, 4) is 0 Å². The molecule has 41 nitrogen and oxygen atoms in total. The molecule has 0 bridgehead atoms. The van der Waals surface area contributed by atoms with E-state index in [0.717, 1.165) is 9.80 Å². The van der Waals surface area contributed by atoms with Gasteiger partial charge in [-0.05, 0) is 133 Å². The number of nitrogens with one attached hydrogen (secondary N) is 6. The molecule has 1 rings (SSSR count). The largest absolute Gasteiger partial charge is 0.481 e. The summed E-state index contributed by atoms with van der Waals surface area (Å²) >= 11 is 3.14. The van der Waals surface area contributed by atoms with Crippen molar-refractivity contribution in [3.05, 3.63) is 25.3 Å². The summed E-state index contributed by atoms with van der Waals surface area (Å²) in [5.74, 6) is -8.59. The smallest absolute Gasteiger partial charge is 0.325 e. The molecule has 9 atom stereocenters. The van der Waals surface area contributed by atoms with Crippen LogP contribution in [0.1, 0.15) is 122 Å². The Morgan fingerprint density at radius 3 is 0.974 bits per heavy atom. The number of rotatable bonds is 41. The van der Waals surface area contributed by atoms with Crippen LogP contribution < -0.4 is 31.9 Å². The van der Waals surface area contributed by atoms with E-state index in [0.29, 0.717) is 19.8 Å². The molecule has 0 spiro atoms. The second kappa shape index (κ2) is 66.5. The van der Waals surface area contributed by atoms with Gasteiger partial charge in [-0.1, -0.05) is 48.7 Å².